The molecular formula is C21H28N2O3S2. The van der Waals surface area contributed by atoms with Crippen LogP contribution in [-0.2, 0) is 14.8 Å². The summed E-state index contributed by atoms with van der Waals surface area (Å²) in [6, 6.07) is 14.8. The summed E-state index contributed by atoms with van der Waals surface area (Å²) >= 11 is 1.65. The molecule has 0 bridgehead atoms. The molecule has 2 aromatic carbocycles. The third kappa shape index (κ3) is 6.01. The fourth-order valence-corrected chi connectivity index (χ4v) is 5.02. The van der Waals surface area contributed by atoms with Gasteiger partial charge in [-0.05, 0) is 49.6 Å². The minimum absolute atomic E-state index is 0.275. The topological polar surface area (TPSA) is 66.5 Å². The number of aryl methyl sites for hydroxylation is 2. The molecule has 0 heterocycles. The molecule has 2 rings (SSSR count). The van der Waals surface area contributed by atoms with Crippen molar-refractivity contribution in [3.63, 3.8) is 0 Å². The Morgan fingerprint density at radius 3 is 2.43 bits per heavy atom. The first kappa shape index (κ1) is 22.3. The highest BCUT2D eigenvalue weighted by atomic mass is 32.2. The van der Waals surface area contributed by atoms with Crippen molar-refractivity contribution in [3.8, 4) is 0 Å². The van der Waals surface area contributed by atoms with E-state index in [1.807, 2.05) is 69.3 Å². The zero-order valence-electron chi connectivity index (χ0n) is 16.8. The van der Waals surface area contributed by atoms with Crippen molar-refractivity contribution < 1.29 is 13.2 Å². The van der Waals surface area contributed by atoms with Gasteiger partial charge in [-0.15, -0.1) is 11.8 Å². The standard InChI is InChI=1S/C21H28N2O3S2/c1-5-19(21(24)22-13-14-27-18-9-7-6-8-10-18)23(28(4,25)26)20-15-16(2)11-12-17(20)3/h6-12,15,19H,5,13-14H2,1-4H3,(H,22,24)/t19-/m0/s1. The highest BCUT2D eigenvalue weighted by molar-refractivity contribution is 7.99. The fourth-order valence-electron chi connectivity index (χ4n) is 2.97. The van der Waals surface area contributed by atoms with E-state index in [2.05, 4.69) is 5.32 Å². The molecule has 0 aliphatic rings. The third-order valence-electron chi connectivity index (χ3n) is 4.35. The molecule has 152 valence electrons. The Bertz CT molecular complexity index is 899. The molecule has 0 aromatic heterocycles. The molecule has 0 spiro atoms. The summed E-state index contributed by atoms with van der Waals surface area (Å²) in [6.07, 6.45) is 1.54. The average molecular weight is 421 g/mol. The Labute approximate surface area is 172 Å². The Kier molecular flexibility index (Phi) is 7.95. The van der Waals surface area contributed by atoms with Crippen LogP contribution >= 0.6 is 11.8 Å². The summed E-state index contributed by atoms with van der Waals surface area (Å²) in [7, 11) is -3.62. The van der Waals surface area contributed by atoms with Crippen LogP contribution < -0.4 is 9.62 Å². The number of benzene rings is 2. The van der Waals surface area contributed by atoms with E-state index >= 15 is 0 Å². The average Bonchev–Trinajstić information content (AvgIpc) is 2.65. The lowest BCUT2D eigenvalue weighted by Gasteiger charge is -2.31. The second-order valence-electron chi connectivity index (χ2n) is 6.73. The van der Waals surface area contributed by atoms with Gasteiger partial charge >= 0.3 is 0 Å². The number of hydrogen-bond acceptors (Lipinski definition) is 4. The van der Waals surface area contributed by atoms with E-state index in [1.165, 1.54) is 4.31 Å². The minimum Gasteiger partial charge on any atom is -0.353 e. The molecule has 7 heteroatoms. The minimum atomic E-state index is -3.62. The Morgan fingerprint density at radius 1 is 1.14 bits per heavy atom. The lowest BCUT2D eigenvalue weighted by atomic mass is 10.1. The maximum atomic E-state index is 12.8. The van der Waals surface area contributed by atoms with Crippen LogP contribution in [0.15, 0.2) is 53.4 Å². The SMILES string of the molecule is CC[C@@H](C(=O)NCCSc1ccccc1)N(c1cc(C)ccc1C)S(C)(=O)=O. The number of sulfonamides is 1. The predicted octanol–water partition coefficient (Wildman–Crippen LogP) is 3.76. The fraction of sp³-hybridized carbons (Fsp3) is 0.381. The van der Waals surface area contributed by atoms with E-state index in [0.717, 1.165) is 22.3 Å². The first-order chi connectivity index (χ1) is 13.2. The maximum absolute atomic E-state index is 12.8. The zero-order valence-corrected chi connectivity index (χ0v) is 18.4. The molecule has 0 saturated heterocycles. The lowest BCUT2D eigenvalue weighted by Crippen LogP contribution is -2.50. The van der Waals surface area contributed by atoms with Gasteiger partial charge in [0.1, 0.15) is 6.04 Å². The molecule has 0 saturated carbocycles. The summed E-state index contributed by atoms with van der Waals surface area (Å²) < 4.78 is 26.4. The Hall–Kier alpha value is -1.99. The molecule has 2 aromatic rings. The largest absolute Gasteiger partial charge is 0.353 e. The summed E-state index contributed by atoms with van der Waals surface area (Å²) in [5.74, 6) is 0.441. The van der Waals surface area contributed by atoms with E-state index in [-0.39, 0.29) is 5.91 Å². The van der Waals surface area contributed by atoms with Gasteiger partial charge in [0.15, 0.2) is 0 Å². The normalized spacial score (nSPS) is 12.4. The van der Waals surface area contributed by atoms with Crippen molar-refractivity contribution in [2.75, 3.05) is 22.9 Å². The number of nitrogens with one attached hydrogen (secondary N) is 1. The molecule has 1 amide bonds. The highest BCUT2D eigenvalue weighted by Gasteiger charge is 2.32. The van der Waals surface area contributed by atoms with Crippen LogP contribution in [-0.4, -0.2) is 38.9 Å². The van der Waals surface area contributed by atoms with E-state index in [0.29, 0.717) is 24.4 Å². The smallest absolute Gasteiger partial charge is 0.243 e. The number of nitrogens with zero attached hydrogens (tertiary/aromatic N) is 1. The van der Waals surface area contributed by atoms with E-state index in [4.69, 9.17) is 0 Å². The van der Waals surface area contributed by atoms with Gasteiger partial charge in [-0.25, -0.2) is 8.42 Å². The Balaban J connectivity index is 2.12. The van der Waals surface area contributed by atoms with Crippen molar-refractivity contribution in [1.29, 1.82) is 0 Å². The monoisotopic (exact) mass is 420 g/mol. The summed E-state index contributed by atoms with van der Waals surface area (Å²) in [5.41, 5.74) is 2.33. The van der Waals surface area contributed by atoms with Crippen LogP contribution in [0, 0.1) is 13.8 Å². The van der Waals surface area contributed by atoms with Crippen molar-refractivity contribution in [2.24, 2.45) is 0 Å². The van der Waals surface area contributed by atoms with Crippen LogP contribution in [0.3, 0.4) is 0 Å². The first-order valence-electron chi connectivity index (χ1n) is 9.26. The second-order valence-corrected chi connectivity index (χ2v) is 9.75. The molecule has 0 unspecified atom stereocenters. The van der Waals surface area contributed by atoms with Crippen LogP contribution in [0.1, 0.15) is 24.5 Å². The Morgan fingerprint density at radius 2 is 1.82 bits per heavy atom. The number of hydrogen-bond donors (Lipinski definition) is 1. The van der Waals surface area contributed by atoms with Gasteiger partial charge in [0.2, 0.25) is 15.9 Å². The van der Waals surface area contributed by atoms with E-state index in [1.54, 1.807) is 11.8 Å². The second kappa shape index (κ2) is 9.98. The van der Waals surface area contributed by atoms with Crippen LogP contribution in [0.25, 0.3) is 0 Å². The first-order valence-corrected chi connectivity index (χ1v) is 12.1. The molecule has 1 atom stereocenters. The van der Waals surface area contributed by atoms with Crippen LogP contribution in [0.5, 0.6) is 0 Å². The lowest BCUT2D eigenvalue weighted by molar-refractivity contribution is -0.122. The number of amides is 1. The molecule has 0 aliphatic heterocycles. The summed E-state index contributed by atoms with van der Waals surface area (Å²) in [5, 5.41) is 2.89. The van der Waals surface area contributed by atoms with E-state index in [9.17, 15) is 13.2 Å². The zero-order chi connectivity index (χ0) is 20.7. The number of anilines is 1. The molecule has 0 radical (unpaired) electrons. The van der Waals surface area contributed by atoms with Crippen molar-refractivity contribution in [3.05, 3.63) is 59.7 Å². The number of carbonyl (C=O) groups excluding carboxylic acids is 1. The van der Waals surface area contributed by atoms with Crippen molar-refractivity contribution in [2.45, 2.75) is 38.1 Å². The van der Waals surface area contributed by atoms with Gasteiger partial charge in [0.25, 0.3) is 0 Å². The third-order valence-corrected chi connectivity index (χ3v) is 6.52. The quantitative estimate of drug-likeness (QED) is 0.496. The number of rotatable bonds is 9. The summed E-state index contributed by atoms with van der Waals surface area (Å²) in [6.45, 7) is 6.06. The predicted molar refractivity (Wildman–Crippen MR) is 117 cm³/mol. The van der Waals surface area contributed by atoms with Crippen LogP contribution in [0.2, 0.25) is 0 Å². The van der Waals surface area contributed by atoms with E-state index < -0.39 is 16.1 Å². The van der Waals surface area contributed by atoms with Gasteiger partial charge < -0.3 is 5.32 Å². The molecule has 1 N–H and O–H groups in total. The maximum Gasteiger partial charge on any atom is 0.243 e. The van der Waals surface area contributed by atoms with Crippen LogP contribution in [0.4, 0.5) is 5.69 Å². The molecular weight excluding hydrogens is 392 g/mol. The molecule has 0 aliphatic carbocycles. The van der Waals surface area contributed by atoms with Gasteiger partial charge in [-0.3, -0.25) is 9.10 Å². The molecule has 5 nitrogen and oxygen atoms in total. The summed E-state index contributed by atoms with van der Waals surface area (Å²) in [4.78, 5) is 14.0. The van der Waals surface area contributed by atoms with Crippen molar-refractivity contribution in [1.82, 2.24) is 5.32 Å². The van der Waals surface area contributed by atoms with Gasteiger partial charge in [-0.2, -0.15) is 0 Å². The highest BCUT2D eigenvalue weighted by Crippen LogP contribution is 2.27. The molecule has 28 heavy (non-hydrogen) atoms. The number of carbonyl (C=O) groups is 1. The van der Waals surface area contributed by atoms with Gasteiger partial charge in [-0.1, -0.05) is 37.3 Å². The van der Waals surface area contributed by atoms with Crippen molar-refractivity contribution >= 4 is 33.4 Å². The van der Waals surface area contributed by atoms with Gasteiger partial charge in [0.05, 0.1) is 11.9 Å². The van der Waals surface area contributed by atoms with Gasteiger partial charge in [0, 0.05) is 17.2 Å². The number of thioether (sulfide) groups is 1. The molecule has 0 fully saturated rings.